The van der Waals surface area contributed by atoms with Crippen LogP contribution in [0.4, 0.5) is 10.2 Å². The minimum absolute atomic E-state index is 0.0606. The Labute approximate surface area is 99.4 Å². The molecule has 1 saturated carbocycles. The van der Waals surface area contributed by atoms with Crippen LogP contribution in [0, 0.1) is 5.82 Å². The van der Waals surface area contributed by atoms with E-state index in [-0.39, 0.29) is 22.8 Å². The van der Waals surface area contributed by atoms with Crippen molar-refractivity contribution in [2.75, 3.05) is 5.73 Å². The van der Waals surface area contributed by atoms with Gasteiger partial charge in [0.1, 0.15) is 11.6 Å². The van der Waals surface area contributed by atoms with Crippen molar-refractivity contribution in [1.82, 2.24) is 10.3 Å². The van der Waals surface area contributed by atoms with E-state index in [4.69, 9.17) is 5.73 Å². The van der Waals surface area contributed by atoms with Gasteiger partial charge in [0.2, 0.25) is 0 Å². The minimum atomic E-state index is -0.555. The van der Waals surface area contributed by atoms with E-state index >= 15 is 0 Å². The third-order valence-corrected chi connectivity index (χ3v) is 3.25. The first-order valence-electron chi connectivity index (χ1n) is 5.74. The Kier molecular flexibility index (Phi) is 3.00. The van der Waals surface area contributed by atoms with Gasteiger partial charge in [0.25, 0.3) is 5.91 Å². The lowest BCUT2D eigenvalue weighted by molar-refractivity contribution is 0.0908. The van der Waals surface area contributed by atoms with Crippen molar-refractivity contribution < 1.29 is 9.18 Å². The van der Waals surface area contributed by atoms with Crippen LogP contribution >= 0.6 is 0 Å². The topological polar surface area (TPSA) is 68.0 Å². The van der Waals surface area contributed by atoms with Gasteiger partial charge in [-0.25, -0.2) is 9.37 Å². The zero-order chi connectivity index (χ0) is 12.5. The maximum absolute atomic E-state index is 13.0. The number of nitrogen functional groups attached to an aromatic ring is 1. The monoisotopic (exact) mass is 237 g/mol. The van der Waals surface area contributed by atoms with Gasteiger partial charge in [-0.15, -0.1) is 0 Å². The van der Waals surface area contributed by atoms with Crippen molar-refractivity contribution in [3.63, 3.8) is 0 Å². The molecule has 4 nitrogen and oxygen atoms in total. The van der Waals surface area contributed by atoms with Crippen LogP contribution in [0.2, 0.25) is 0 Å². The fourth-order valence-electron chi connectivity index (χ4n) is 2.25. The number of hydrogen-bond donors (Lipinski definition) is 2. The summed E-state index contributed by atoms with van der Waals surface area (Å²) in [5.74, 6) is -0.842. The standard InChI is InChI=1S/C12H16FN3O/c1-12(4-2-3-5-12)16-11(17)9-6-8(13)7-15-10(9)14/h6-7H,2-5H2,1H3,(H2,14,15)(H,16,17). The molecule has 0 aromatic carbocycles. The normalized spacial score (nSPS) is 18.0. The van der Waals surface area contributed by atoms with Crippen molar-refractivity contribution in [3.05, 3.63) is 23.6 Å². The molecule has 0 bridgehead atoms. The molecule has 1 aliphatic rings. The van der Waals surface area contributed by atoms with Crippen LogP contribution in [0.3, 0.4) is 0 Å². The number of hydrogen-bond acceptors (Lipinski definition) is 3. The molecule has 2 rings (SSSR count). The van der Waals surface area contributed by atoms with Gasteiger partial charge in [0.05, 0.1) is 11.8 Å². The number of pyridine rings is 1. The quantitative estimate of drug-likeness (QED) is 0.825. The molecular weight excluding hydrogens is 221 g/mol. The zero-order valence-electron chi connectivity index (χ0n) is 9.79. The van der Waals surface area contributed by atoms with Gasteiger partial charge >= 0.3 is 0 Å². The van der Waals surface area contributed by atoms with E-state index in [9.17, 15) is 9.18 Å². The first-order valence-corrected chi connectivity index (χ1v) is 5.74. The SMILES string of the molecule is CC1(NC(=O)c2cc(F)cnc2N)CCCC1. The second-order valence-electron chi connectivity index (χ2n) is 4.81. The maximum atomic E-state index is 13.0. The molecule has 3 N–H and O–H groups in total. The summed E-state index contributed by atoms with van der Waals surface area (Å²) in [6, 6.07) is 1.12. The van der Waals surface area contributed by atoms with E-state index in [1.165, 1.54) is 0 Å². The van der Waals surface area contributed by atoms with Crippen molar-refractivity contribution >= 4 is 11.7 Å². The average Bonchev–Trinajstić information content (AvgIpc) is 2.68. The minimum Gasteiger partial charge on any atom is -0.383 e. The third-order valence-electron chi connectivity index (χ3n) is 3.25. The van der Waals surface area contributed by atoms with Gasteiger partial charge in [-0.1, -0.05) is 12.8 Å². The van der Waals surface area contributed by atoms with E-state index < -0.39 is 5.82 Å². The van der Waals surface area contributed by atoms with Gasteiger partial charge in [0.15, 0.2) is 0 Å². The summed E-state index contributed by atoms with van der Waals surface area (Å²) in [5, 5.41) is 2.91. The summed E-state index contributed by atoms with van der Waals surface area (Å²) in [6.45, 7) is 2.00. The lowest BCUT2D eigenvalue weighted by Crippen LogP contribution is -2.43. The van der Waals surface area contributed by atoms with E-state index in [0.29, 0.717) is 0 Å². The molecule has 0 spiro atoms. The summed E-state index contributed by atoms with van der Waals surface area (Å²) in [5.41, 5.74) is 5.48. The van der Waals surface area contributed by atoms with E-state index in [1.54, 1.807) is 0 Å². The summed E-state index contributed by atoms with van der Waals surface area (Å²) < 4.78 is 13.0. The predicted molar refractivity (Wildman–Crippen MR) is 62.9 cm³/mol. The highest BCUT2D eigenvalue weighted by molar-refractivity contribution is 5.98. The number of carbonyl (C=O) groups is 1. The Morgan fingerprint density at radius 1 is 1.53 bits per heavy atom. The highest BCUT2D eigenvalue weighted by Crippen LogP contribution is 2.29. The number of rotatable bonds is 2. The van der Waals surface area contributed by atoms with Crippen LogP contribution < -0.4 is 11.1 Å². The van der Waals surface area contributed by atoms with Crippen LogP contribution in [-0.2, 0) is 0 Å². The molecule has 17 heavy (non-hydrogen) atoms. The number of nitrogens with one attached hydrogen (secondary N) is 1. The van der Waals surface area contributed by atoms with E-state index in [2.05, 4.69) is 10.3 Å². The van der Waals surface area contributed by atoms with E-state index in [0.717, 1.165) is 37.9 Å². The van der Waals surface area contributed by atoms with Crippen LogP contribution in [0.25, 0.3) is 0 Å². The summed E-state index contributed by atoms with van der Waals surface area (Å²) in [6.07, 6.45) is 5.10. The zero-order valence-corrected chi connectivity index (χ0v) is 9.79. The molecule has 5 heteroatoms. The Hall–Kier alpha value is -1.65. The first kappa shape index (κ1) is 11.8. The van der Waals surface area contributed by atoms with E-state index in [1.807, 2.05) is 6.92 Å². The van der Waals surface area contributed by atoms with Crippen LogP contribution in [0.1, 0.15) is 43.0 Å². The van der Waals surface area contributed by atoms with Gasteiger partial charge in [-0.3, -0.25) is 4.79 Å². The van der Waals surface area contributed by atoms with Gasteiger partial charge in [-0.05, 0) is 25.8 Å². The molecule has 0 saturated heterocycles. The molecule has 92 valence electrons. The second-order valence-corrected chi connectivity index (χ2v) is 4.81. The Bertz CT molecular complexity index is 441. The first-order chi connectivity index (χ1) is 8.00. The summed E-state index contributed by atoms with van der Waals surface area (Å²) in [4.78, 5) is 15.6. The van der Waals surface area contributed by atoms with Crippen molar-refractivity contribution in [2.24, 2.45) is 0 Å². The Morgan fingerprint density at radius 3 is 2.82 bits per heavy atom. The molecule has 1 aliphatic carbocycles. The second kappa shape index (κ2) is 4.31. The predicted octanol–water partition coefficient (Wildman–Crippen LogP) is 1.87. The highest BCUT2D eigenvalue weighted by Gasteiger charge is 2.31. The number of nitrogens with zero attached hydrogens (tertiary/aromatic N) is 1. The van der Waals surface area contributed by atoms with Gasteiger partial charge in [0, 0.05) is 5.54 Å². The summed E-state index contributed by atoms with van der Waals surface area (Å²) in [7, 11) is 0. The average molecular weight is 237 g/mol. The van der Waals surface area contributed by atoms with Crippen molar-refractivity contribution in [3.8, 4) is 0 Å². The van der Waals surface area contributed by atoms with Crippen LogP contribution in [0.5, 0.6) is 0 Å². The molecular formula is C12H16FN3O. The highest BCUT2D eigenvalue weighted by atomic mass is 19.1. The molecule has 1 amide bonds. The van der Waals surface area contributed by atoms with Crippen LogP contribution in [0.15, 0.2) is 12.3 Å². The third kappa shape index (κ3) is 2.54. The maximum Gasteiger partial charge on any atom is 0.255 e. The molecule has 1 heterocycles. The Morgan fingerprint density at radius 2 is 2.18 bits per heavy atom. The van der Waals surface area contributed by atoms with Crippen LogP contribution in [-0.4, -0.2) is 16.4 Å². The summed E-state index contributed by atoms with van der Waals surface area (Å²) >= 11 is 0. The number of nitrogens with two attached hydrogens (primary N) is 1. The molecule has 0 radical (unpaired) electrons. The van der Waals surface area contributed by atoms with Crippen molar-refractivity contribution in [2.45, 2.75) is 38.1 Å². The number of aromatic nitrogens is 1. The smallest absolute Gasteiger partial charge is 0.255 e. The fraction of sp³-hybridized carbons (Fsp3) is 0.500. The number of anilines is 1. The number of carbonyl (C=O) groups excluding carboxylic acids is 1. The Balaban J connectivity index is 2.17. The molecule has 1 aromatic rings. The molecule has 1 aromatic heterocycles. The molecule has 0 atom stereocenters. The largest absolute Gasteiger partial charge is 0.383 e. The number of amides is 1. The lowest BCUT2D eigenvalue weighted by Gasteiger charge is -2.25. The molecule has 1 fully saturated rings. The molecule has 0 aliphatic heterocycles. The number of halogens is 1. The molecule has 0 unspecified atom stereocenters. The fourth-order valence-corrected chi connectivity index (χ4v) is 2.25. The lowest BCUT2D eigenvalue weighted by atomic mass is 10.00. The van der Waals surface area contributed by atoms with Gasteiger partial charge < -0.3 is 11.1 Å². The van der Waals surface area contributed by atoms with Gasteiger partial charge in [-0.2, -0.15) is 0 Å². The van der Waals surface area contributed by atoms with Crippen molar-refractivity contribution in [1.29, 1.82) is 0 Å².